The smallest absolute Gasteiger partial charge is 0.255 e. The van der Waals surface area contributed by atoms with Crippen molar-refractivity contribution >= 4 is 12.2 Å². The molecule has 4 rings (SSSR count). The number of nitrogens with one attached hydrogen (secondary N) is 2. The van der Waals surface area contributed by atoms with E-state index in [4.69, 9.17) is 12.2 Å². The van der Waals surface area contributed by atoms with Crippen molar-refractivity contribution in [3.05, 3.63) is 86.1 Å². The molecule has 146 valence electrons. The minimum absolute atomic E-state index is 0.0391. The molecule has 1 unspecified atom stereocenters. The van der Waals surface area contributed by atoms with E-state index in [1.807, 2.05) is 0 Å². The first-order valence-electron chi connectivity index (χ1n) is 10.3. The van der Waals surface area contributed by atoms with Crippen LogP contribution in [-0.2, 0) is 6.42 Å². The molecule has 0 aliphatic heterocycles. The van der Waals surface area contributed by atoms with Gasteiger partial charge in [0.25, 0.3) is 5.56 Å². The lowest BCUT2D eigenvalue weighted by Gasteiger charge is -2.33. The second kappa shape index (κ2) is 8.44. The van der Waals surface area contributed by atoms with E-state index in [0.717, 1.165) is 36.4 Å². The molecule has 4 heteroatoms. The molecule has 1 atom stereocenters. The van der Waals surface area contributed by atoms with Crippen molar-refractivity contribution in [3.63, 3.8) is 0 Å². The second-order valence-corrected chi connectivity index (χ2v) is 8.70. The number of benzene rings is 1. The number of allylic oxidation sites excluding steroid dienone is 4. The van der Waals surface area contributed by atoms with Crippen LogP contribution in [0.5, 0.6) is 0 Å². The SMILES string of the molecule is Cc1cccc(Cc2c(C3CCC(C4C=CC=CC4)CC3)[nH]c(=S)[nH]c2=O)c1. The molecular weight excluding hydrogens is 364 g/mol. The van der Waals surface area contributed by atoms with Gasteiger partial charge in [0, 0.05) is 17.7 Å². The minimum atomic E-state index is -0.0391. The summed E-state index contributed by atoms with van der Waals surface area (Å²) in [7, 11) is 0. The third-order valence-electron chi connectivity index (χ3n) is 6.34. The highest BCUT2D eigenvalue weighted by atomic mass is 32.1. The van der Waals surface area contributed by atoms with Crippen LogP contribution in [0.2, 0.25) is 0 Å². The summed E-state index contributed by atoms with van der Waals surface area (Å²) in [5.41, 5.74) is 4.26. The summed E-state index contributed by atoms with van der Waals surface area (Å²) in [4.78, 5) is 18.9. The van der Waals surface area contributed by atoms with Gasteiger partial charge in [0.1, 0.15) is 0 Å². The van der Waals surface area contributed by atoms with Gasteiger partial charge >= 0.3 is 0 Å². The number of H-pyrrole nitrogens is 2. The van der Waals surface area contributed by atoms with Crippen molar-refractivity contribution in [3.8, 4) is 0 Å². The monoisotopic (exact) mass is 392 g/mol. The lowest BCUT2D eigenvalue weighted by molar-refractivity contribution is 0.262. The molecule has 2 aromatic rings. The standard InChI is InChI=1S/C24H28N2OS/c1-16-6-5-7-17(14-16)15-21-22(25-24(28)26-23(21)27)20-12-10-19(11-13-20)18-8-3-2-4-9-18/h2-8,14,18-20H,9-13,15H2,1H3,(H2,25,26,27,28). The molecular formula is C24H28N2OS. The topological polar surface area (TPSA) is 48.6 Å². The van der Waals surface area contributed by atoms with E-state index in [-0.39, 0.29) is 5.56 Å². The summed E-state index contributed by atoms with van der Waals surface area (Å²) < 4.78 is 0.440. The molecule has 1 aromatic heterocycles. The highest BCUT2D eigenvalue weighted by molar-refractivity contribution is 7.71. The first kappa shape index (κ1) is 19.1. The van der Waals surface area contributed by atoms with Crippen LogP contribution in [0, 0.1) is 23.5 Å². The summed E-state index contributed by atoms with van der Waals surface area (Å²) >= 11 is 5.30. The Bertz CT molecular complexity index is 1010. The number of hydrogen-bond acceptors (Lipinski definition) is 2. The van der Waals surface area contributed by atoms with Crippen LogP contribution in [0.3, 0.4) is 0 Å². The molecule has 2 aliphatic carbocycles. The summed E-state index contributed by atoms with van der Waals surface area (Å²) in [5, 5.41) is 0. The lowest BCUT2D eigenvalue weighted by atomic mass is 9.72. The zero-order chi connectivity index (χ0) is 19.5. The molecule has 1 fully saturated rings. The molecule has 0 amide bonds. The second-order valence-electron chi connectivity index (χ2n) is 8.29. The third kappa shape index (κ3) is 4.27. The van der Waals surface area contributed by atoms with Crippen molar-refractivity contribution in [1.29, 1.82) is 0 Å². The molecule has 1 heterocycles. The maximum atomic E-state index is 12.7. The Hall–Kier alpha value is -2.20. The predicted molar refractivity (Wildman–Crippen MR) is 117 cm³/mol. The van der Waals surface area contributed by atoms with Gasteiger partial charge in [-0.25, -0.2) is 0 Å². The molecule has 28 heavy (non-hydrogen) atoms. The normalized spacial score (nSPS) is 24.4. The minimum Gasteiger partial charge on any atom is -0.335 e. The van der Waals surface area contributed by atoms with E-state index in [9.17, 15) is 4.79 Å². The van der Waals surface area contributed by atoms with Crippen molar-refractivity contribution in [2.45, 2.75) is 51.4 Å². The first-order chi connectivity index (χ1) is 13.6. The van der Waals surface area contributed by atoms with Crippen molar-refractivity contribution in [2.75, 3.05) is 0 Å². The van der Waals surface area contributed by atoms with Gasteiger partial charge in [-0.05, 0) is 74.6 Å². The molecule has 3 nitrogen and oxygen atoms in total. The van der Waals surface area contributed by atoms with E-state index in [1.165, 1.54) is 24.0 Å². The average molecular weight is 393 g/mol. The molecule has 1 aromatic carbocycles. The fourth-order valence-corrected chi connectivity index (χ4v) is 5.07. The highest BCUT2D eigenvalue weighted by Gasteiger charge is 2.29. The van der Waals surface area contributed by atoms with Crippen LogP contribution >= 0.6 is 12.2 Å². The first-order valence-corrected chi connectivity index (χ1v) is 10.7. The molecule has 0 radical (unpaired) electrons. The molecule has 0 bridgehead atoms. The van der Waals surface area contributed by atoms with E-state index >= 15 is 0 Å². The van der Waals surface area contributed by atoms with Gasteiger partial charge in [0.15, 0.2) is 4.77 Å². The Kier molecular flexibility index (Phi) is 5.77. The zero-order valence-electron chi connectivity index (χ0n) is 16.4. The van der Waals surface area contributed by atoms with E-state index in [1.54, 1.807) is 0 Å². The van der Waals surface area contributed by atoms with Crippen LogP contribution in [-0.4, -0.2) is 9.97 Å². The van der Waals surface area contributed by atoms with Crippen LogP contribution in [0.4, 0.5) is 0 Å². The van der Waals surface area contributed by atoms with Gasteiger partial charge in [0.05, 0.1) is 0 Å². The molecule has 0 spiro atoms. The molecule has 0 saturated heterocycles. The van der Waals surface area contributed by atoms with Gasteiger partial charge in [0.2, 0.25) is 0 Å². The maximum absolute atomic E-state index is 12.7. The fraction of sp³-hybridized carbons (Fsp3) is 0.417. The number of hydrogen-bond donors (Lipinski definition) is 2. The zero-order valence-corrected chi connectivity index (χ0v) is 17.2. The Morgan fingerprint density at radius 2 is 1.93 bits per heavy atom. The van der Waals surface area contributed by atoms with Crippen LogP contribution < -0.4 is 5.56 Å². The van der Waals surface area contributed by atoms with Crippen molar-refractivity contribution in [2.24, 2.45) is 11.8 Å². The summed E-state index contributed by atoms with van der Waals surface area (Å²) in [6.07, 6.45) is 15.5. The van der Waals surface area contributed by atoms with Crippen LogP contribution in [0.25, 0.3) is 0 Å². The maximum Gasteiger partial charge on any atom is 0.255 e. The lowest BCUT2D eigenvalue weighted by Crippen LogP contribution is -2.25. The highest BCUT2D eigenvalue weighted by Crippen LogP contribution is 2.40. The van der Waals surface area contributed by atoms with Gasteiger partial charge in [-0.2, -0.15) is 0 Å². The number of rotatable bonds is 4. The van der Waals surface area contributed by atoms with E-state index in [0.29, 0.717) is 23.0 Å². The largest absolute Gasteiger partial charge is 0.335 e. The third-order valence-corrected chi connectivity index (χ3v) is 6.54. The molecule has 1 saturated carbocycles. The van der Waals surface area contributed by atoms with Crippen molar-refractivity contribution < 1.29 is 0 Å². The summed E-state index contributed by atoms with van der Waals surface area (Å²) in [5.74, 6) is 1.82. The van der Waals surface area contributed by atoms with Gasteiger partial charge in [-0.1, -0.05) is 54.1 Å². The molecule has 2 N–H and O–H groups in total. The summed E-state index contributed by atoms with van der Waals surface area (Å²) in [6.45, 7) is 2.09. The fourth-order valence-electron chi connectivity index (χ4n) is 4.87. The summed E-state index contributed by atoms with van der Waals surface area (Å²) in [6, 6.07) is 8.40. The van der Waals surface area contributed by atoms with Gasteiger partial charge in [-0.3, -0.25) is 9.78 Å². The number of aromatic amines is 2. The Morgan fingerprint density at radius 3 is 2.64 bits per heavy atom. The Labute approximate surface area is 171 Å². The quantitative estimate of drug-likeness (QED) is 0.652. The van der Waals surface area contributed by atoms with Crippen LogP contribution in [0.15, 0.2) is 53.4 Å². The van der Waals surface area contributed by atoms with Crippen molar-refractivity contribution in [1.82, 2.24) is 9.97 Å². The predicted octanol–water partition coefficient (Wildman–Crippen LogP) is 5.74. The van der Waals surface area contributed by atoms with Gasteiger partial charge in [-0.15, -0.1) is 0 Å². The van der Waals surface area contributed by atoms with Gasteiger partial charge < -0.3 is 4.98 Å². The average Bonchev–Trinajstić information content (AvgIpc) is 2.71. The van der Waals surface area contributed by atoms with E-state index < -0.39 is 0 Å². The Morgan fingerprint density at radius 1 is 1.11 bits per heavy atom. The van der Waals surface area contributed by atoms with Crippen LogP contribution in [0.1, 0.15) is 60.4 Å². The van der Waals surface area contributed by atoms with E-state index in [2.05, 4.69) is 65.5 Å². The number of aryl methyl sites for hydroxylation is 1. The number of aromatic nitrogens is 2. The Balaban J connectivity index is 1.56. The molecule has 2 aliphatic rings.